The molecule has 0 radical (unpaired) electrons. The van der Waals surface area contributed by atoms with E-state index in [0.717, 1.165) is 10.5 Å². The monoisotopic (exact) mass is 291 g/mol. The second kappa shape index (κ2) is 5.64. The van der Waals surface area contributed by atoms with E-state index in [1.54, 1.807) is 14.1 Å². The molecule has 1 heterocycles. The lowest BCUT2D eigenvalue weighted by atomic mass is 10.5. The van der Waals surface area contributed by atoms with Crippen LogP contribution in [-0.2, 0) is 14.8 Å². The summed E-state index contributed by atoms with van der Waals surface area (Å²) in [4.78, 5) is 16.4. The maximum Gasteiger partial charge on any atom is 0.246 e. The van der Waals surface area contributed by atoms with Gasteiger partial charge in [-0.2, -0.15) is 4.31 Å². The zero-order chi connectivity index (χ0) is 13.9. The smallest absolute Gasteiger partial charge is 0.246 e. The van der Waals surface area contributed by atoms with Crippen molar-refractivity contribution in [1.29, 1.82) is 0 Å². The zero-order valence-corrected chi connectivity index (χ0v) is 11.9. The minimum absolute atomic E-state index is 0.0779. The van der Waals surface area contributed by atoms with Crippen molar-refractivity contribution in [3.05, 3.63) is 23.5 Å². The highest BCUT2D eigenvalue weighted by Gasteiger charge is 2.25. The molecule has 0 saturated carbocycles. The van der Waals surface area contributed by atoms with E-state index in [-0.39, 0.29) is 22.4 Å². The number of rotatable bonds is 4. The molecule has 6 nitrogen and oxygen atoms in total. The van der Waals surface area contributed by atoms with Gasteiger partial charge in [-0.1, -0.05) is 11.6 Å². The molecule has 1 rings (SSSR count). The third-order valence-corrected chi connectivity index (χ3v) is 4.55. The predicted molar refractivity (Wildman–Crippen MR) is 67.8 cm³/mol. The summed E-state index contributed by atoms with van der Waals surface area (Å²) in [6.07, 6.45) is 2.56. The maximum absolute atomic E-state index is 12.1. The standard InChI is InChI=1S/C10H14ClN3O3S/c1-13(2)10(15)7-14(3)18(16,17)9-6-12-5-4-8(9)11/h4-6H,7H2,1-3H3. The number of sulfonamides is 1. The van der Waals surface area contributed by atoms with Crippen molar-refractivity contribution in [2.75, 3.05) is 27.7 Å². The molecule has 0 aliphatic rings. The zero-order valence-electron chi connectivity index (χ0n) is 10.3. The van der Waals surface area contributed by atoms with Gasteiger partial charge in [-0.25, -0.2) is 8.42 Å². The first-order valence-corrected chi connectivity index (χ1v) is 6.84. The van der Waals surface area contributed by atoms with Crippen LogP contribution in [-0.4, -0.2) is 56.2 Å². The first-order chi connectivity index (χ1) is 8.26. The fourth-order valence-corrected chi connectivity index (χ4v) is 2.66. The Morgan fingerprint density at radius 2 is 2.00 bits per heavy atom. The summed E-state index contributed by atoms with van der Waals surface area (Å²) < 4.78 is 25.2. The summed E-state index contributed by atoms with van der Waals surface area (Å²) in [6, 6.07) is 1.38. The van der Waals surface area contributed by atoms with Crippen LogP contribution in [0.4, 0.5) is 0 Å². The first-order valence-electron chi connectivity index (χ1n) is 5.03. The van der Waals surface area contributed by atoms with Crippen LogP contribution in [0.15, 0.2) is 23.4 Å². The number of carbonyl (C=O) groups is 1. The van der Waals surface area contributed by atoms with Crippen LogP contribution in [0.2, 0.25) is 5.02 Å². The number of aromatic nitrogens is 1. The van der Waals surface area contributed by atoms with Crippen molar-refractivity contribution in [2.45, 2.75) is 4.90 Å². The molecule has 0 bridgehead atoms. The molecule has 0 fully saturated rings. The Bertz CT molecular complexity index is 545. The summed E-state index contributed by atoms with van der Waals surface area (Å²) in [6.45, 7) is -0.249. The topological polar surface area (TPSA) is 70.6 Å². The molecule has 0 N–H and O–H groups in total. The van der Waals surface area contributed by atoms with Crippen LogP contribution in [0.1, 0.15) is 0 Å². The minimum atomic E-state index is -3.81. The average molecular weight is 292 g/mol. The summed E-state index contributed by atoms with van der Waals surface area (Å²) >= 11 is 5.81. The van der Waals surface area contributed by atoms with Gasteiger partial charge in [0.25, 0.3) is 0 Å². The van der Waals surface area contributed by atoms with Gasteiger partial charge in [0.1, 0.15) is 4.90 Å². The van der Waals surface area contributed by atoms with Crippen molar-refractivity contribution >= 4 is 27.5 Å². The third kappa shape index (κ3) is 3.18. The van der Waals surface area contributed by atoms with Crippen LogP contribution in [0.25, 0.3) is 0 Å². The minimum Gasteiger partial charge on any atom is -0.348 e. The second-order valence-corrected chi connectivity index (χ2v) is 6.28. The summed E-state index contributed by atoms with van der Waals surface area (Å²) in [5.41, 5.74) is 0. The third-order valence-electron chi connectivity index (χ3n) is 2.28. The molecule has 8 heteroatoms. The quantitative estimate of drug-likeness (QED) is 0.807. The number of nitrogens with zero attached hydrogens (tertiary/aromatic N) is 3. The van der Waals surface area contributed by atoms with Gasteiger partial charge < -0.3 is 4.90 Å². The Kier molecular flexibility index (Phi) is 4.66. The lowest BCUT2D eigenvalue weighted by molar-refractivity contribution is -0.128. The van der Waals surface area contributed by atoms with Gasteiger partial charge in [-0.15, -0.1) is 0 Å². The van der Waals surface area contributed by atoms with Crippen molar-refractivity contribution in [3.63, 3.8) is 0 Å². The highest BCUT2D eigenvalue weighted by Crippen LogP contribution is 2.22. The second-order valence-electron chi connectivity index (χ2n) is 3.86. The number of carbonyl (C=O) groups excluding carboxylic acids is 1. The van der Waals surface area contributed by atoms with Gasteiger partial charge in [0.15, 0.2) is 0 Å². The van der Waals surface area contributed by atoms with E-state index in [9.17, 15) is 13.2 Å². The molecule has 0 spiro atoms. The number of hydrogen-bond donors (Lipinski definition) is 0. The average Bonchev–Trinajstić information content (AvgIpc) is 2.28. The van der Waals surface area contributed by atoms with Gasteiger partial charge in [0.2, 0.25) is 15.9 Å². The molecular weight excluding hydrogens is 278 g/mol. The number of halogens is 1. The molecule has 0 aromatic carbocycles. The molecule has 0 saturated heterocycles. The van der Waals surface area contributed by atoms with E-state index in [1.807, 2.05) is 0 Å². The van der Waals surface area contributed by atoms with Crippen LogP contribution < -0.4 is 0 Å². The summed E-state index contributed by atoms with van der Waals surface area (Å²) in [7, 11) is 0.623. The highest BCUT2D eigenvalue weighted by molar-refractivity contribution is 7.89. The Hall–Kier alpha value is -1.18. The van der Waals surface area contributed by atoms with Gasteiger partial charge in [-0.05, 0) is 6.07 Å². The van der Waals surface area contributed by atoms with Gasteiger partial charge in [0.05, 0.1) is 11.6 Å². The molecule has 1 aromatic heterocycles. The lowest BCUT2D eigenvalue weighted by Crippen LogP contribution is -2.37. The Balaban J connectivity index is 3.01. The maximum atomic E-state index is 12.1. The summed E-state index contributed by atoms with van der Waals surface area (Å²) in [5.74, 6) is -0.318. The normalized spacial score (nSPS) is 11.6. The number of amides is 1. The van der Waals surface area contributed by atoms with Crippen LogP contribution in [0.5, 0.6) is 0 Å². The van der Waals surface area contributed by atoms with Crippen LogP contribution >= 0.6 is 11.6 Å². The summed E-state index contributed by atoms with van der Waals surface area (Å²) in [5, 5.41) is 0.0779. The number of likely N-dealkylation sites (N-methyl/N-ethyl adjacent to an activating group) is 2. The molecular formula is C10H14ClN3O3S. The van der Waals surface area contributed by atoms with Crippen LogP contribution in [0, 0.1) is 0 Å². The molecule has 0 aliphatic carbocycles. The van der Waals surface area contributed by atoms with E-state index < -0.39 is 10.0 Å². The van der Waals surface area contributed by atoms with E-state index in [1.165, 1.54) is 24.2 Å². The van der Waals surface area contributed by atoms with Gasteiger partial charge in [-0.3, -0.25) is 9.78 Å². The number of hydrogen-bond acceptors (Lipinski definition) is 4. The van der Waals surface area contributed by atoms with Crippen molar-refractivity contribution < 1.29 is 13.2 Å². The van der Waals surface area contributed by atoms with Crippen molar-refractivity contribution in [3.8, 4) is 0 Å². The van der Waals surface area contributed by atoms with Crippen molar-refractivity contribution in [2.24, 2.45) is 0 Å². The fourth-order valence-electron chi connectivity index (χ4n) is 1.14. The molecule has 0 unspecified atom stereocenters. The molecule has 100 valence electrons. The van der Waals surface area contributed by atoms with E-state index >= 15 is 0 Å². The van der Waals surface area contributed by atoms with E-state index in [2.05, 4.69) is 4.98 Å². The van der Waals surface area contributed by atoms with Gasteiger partial charge in [0, 0.05) is 33.5 Å². The molecule has 0 aliphatic heterocycles. The molecule has 1 aromatic rings. The molecule has 18 heavy (non-hydrogen) atoms. The van der Waals surface area contributed by atoms with E-state index in [0.29, 0.717) is 0 Å². The highest BCUT2D eigenvalue weighted by atomic mass is 35.5. The molecule has 0 atom stereocenters. The Morgan fingerprint density at radius 3 is 2.50 bits per heavy atom. The SMILES string of the molecule is CN(C)C(=O)CN(C)S(=O)(=O)c1cnccc1Cl. The lowest BCUT2D eigenvalue weighted by Gasteiger charge is -2.19. The largest absolute Gasteiger partial charge is 0.348 e. The van der Waals surface area contributed by atoms with Crippen molar-refractivity contribution in [1.82, 2.24) is 14.2 Å². The van der Waals surface area contributed by atoms with Crippen LogP contribution in [0.3, 0.4) is 0 Å². The van der Waals surface area contributed by atoms with Gasteiger partial charge >= 0.3 is 0 Å². The van der Waals surface area contributed by atoms with E-state index in [4.69, 9.17) is 11.6 Å². The number of pyridine rings is 1. The first kappa shape index (κ1) is 14.9. The predicted octanol–water partition coefficient (Wildman–Crippen LogP) is 0.444. The molecule has 1 amide bonds. The fraction of sp³-hybridized carbons (Fsp3) is 0.400. The Labute approximate surface area is 111 Å². The Morgan fingerprint density at radius 1 is 1.39 bits per heavy atom.